The zero-order valence-electron chi connectivity index (χ0n) is 18.0. The van der Waals surface area contributed by atoms with E-state index in [9.17, 15) is 0 Å². The standard InChI is InChI=1S/C21H33N7.HI/c1-5-19(18-10-8-7-9-11-18)27-12-14-28(15-13-27)21(22-6-2)23-16-20-25-24-17(3)26(20)4;/h7-11,19H,5-6,12-16H2,1-4H3,(H,22,23);1H. The molecule has 8 heteroatoms. The summed E-state index contributed by atoms with van der Waals surface area (Å²) < 4.78 is 2.00. The van der Waals surface area contributed by atoms with E-state index in [4.69, 9.17) is 4.99 Å². The summed E-state index contributed by atoms with van der Waals surface area (Å²) >= 11 is 0. The van der Waals surface area contributed by atoms with Crippen molar-refractivity contribution in [1.82, 2.24) is 29.9 Å². The van der Waals surface area contributed by atoms with Crippen LogP contribution in [0.3, 0.4) is 0 Å². The Labute approximate surface area is 191 Å². The Morgan fingerprint density at radius 1 is 1.10 bits per heavy atom. The summed E-state index contributed by atoms with van der Waals surface area (Å²) in [4.78, 5) is 9.78. The molecule has 7 nitrogen and oxygen atoms in total. The summed E-state index contributed by atoms with van der Waals surface area (Å²) in [6, 6.07) is 11.3. The van der Waals surface area contributed by atoms with Crippen molar-refractivity contribution in [2.45, 2.75) is 39.8 Å². The third kappa shape index (κ3) is 5.91. The molecule has 0 aliphatic carbocycles. The van der Waals surface area contributed by atoms with Crippen LogP contribution < -0.4 is 5.32 Å². The van der Waals surface area contributed by atoms with Gasteiger partial charge in [0.1, 0.15) is 12.4 Å². The van der Waals surface area contributed by atoms with E-state index in [1.807, 2.05) is 18.5 Å². The van der Waals surface area contributed by atoms with Gasteiger partial charge in [0, 0.05) is 45.8 Å². The van der Waals surface area contributed by atoms with Crippen LogP contribution in [-0.2, 0) is 13.6 Å². The Balaban J connectivity index is 0.00000300. The first-order chi connectivity index (χ1) is 13.6. The molecule has 1 aromatic heterocycles. The van der Waals surface area contributed by atoms with Gasteiger partial charge in [-0.25, -0.2) is 4.99 Å². The van der Waals surface area contributed by atoms with Gasteiger partial charge in [-0.1, -0.05) is 37.3 Å². The predicted octanol–water partition coefficient (Wildman–Crippen LogP) is 2.98. The molecule has 1 aliphatic heterocycles. The highest BCUT2D eigenvalue weighted by Gasteiger charge is 2.25. The number of halogens is 1. The smallest absolute Gasteiger partial charge is 0.194 e. The van der Waals surface area contributed by atoms with Gasteiger partial charge < -0.3 is 14.8 Å². The molecule has 1 fully saturated rings. The van der Waals surface area contributed by atoms with E-state index in [-0.39, 0.29) is 24.0 Å². The Morgan fingerprint density at radius 3 is 2.34 bits per heavy atom. The number of aryl methyl sites for hydroxylation is 1. The van der Waals surface area contributed by atoms with E-state index < -0.39 is 0 Å². The second-order valence-corrected chi connectivity index (χ2v) is 7.25. The molecule has 1 aromatic carbocycles. The maximum Gasteiger partial charge on any atom is 0.194 e. The third-order valence-corrected chi connectivity index (χ3v) is 5.51. The van der Waals surface area contributed by atoms with Crippen molar-refractivity contribution in [1.29, 1.82) is 0 Å². The lowest BCUT2D eigenvalue weighted by molar-refractivity contribution is 0.127. The molecule has 0 amide bonds. The lowest BCUT2D eigenvalue weighted by Gasteiger charge is -2.40. The normalized spacial score (nSPS) is 16.4. The van der Waals surface area contributed by atoms with E-state index in [0.717, 1.165) is 56.8 Å². The fraction of sp³-hybridized carbons (Fsp3) is 0.571. The molecular formula is C21H34IN7. The van der Waals surface area contributed by atoms with Crippen LogP contribution in [0.25, 0.3) is 0 Å². The molecule has 3 rings (SSSR count). The van der Waals surface area contributed by atoms with Crippen molar-refractivity contribution in [3.05, 3.63) is 47.5 Å². The Bertz CT molecular complexity index is 767. The van der Waals surface area contributed by atoms with Gasteiger partial charge in [0.05, 0.1) is 0 Å². The average molecular weight is 511 g/mol. The molecule has 0 spiro atoms. The second-order valence-electron chi connectivity index (χ2n) is 7.25. The van der Waals surface area contributed by atoms with Gasteiger partial charge in [0.15, 0.2) is 11.8 Å². The summed E-state index contributed by atoms with van der Waals surface area (Å²) in [7, 11) is 1.99. The third-order valence-electron chi connectivity index (χ3n) is 5.51. The fourth-order valence-electron chi connectivity index (χ4n) is 3.79. The highest BCUT2D eigenvalue weighted by Crippen LogP contribution is 2.25. The number of guanidine groups is 1. The van der Waals surface area contributed by atoms with Gasteiger partial charge in [0.25, 0.3) is 0 Å². The minimum Gasteiger partial charge on any atom is -0.357 e. The van der Waals surface area contributed by atoms with Crippen LogP contribution in [0.15, 0.2) is 35.3 Å². The molecule has 160 valence electrons. The molecular weight excluding hydrogens is 477 g/mol. The van der Waals surface area contributed by atoms with Gasteiger partial charge in [0.2, 0.25) is 0 Å². The molecule has 0 saturated carbocycles. The van der Waals surface area contributed by atoms with Crippen molar-refractivity contribution in [2.75, 3.05) is 32.7 Å². The van der Waals surface area contributed by atoms with Crippen molar-refractivity contribution in [2.24, 2.45) is 12.0 Å². The first-order valence-corrected chi connectivity index (χ1v) is 10.3. The van der Waals surface area contributed by atoms with Crippen LogP contribution in [0, 0.1) is 6.92 Å². The second kappa shape index (κ2) is 11.5. The van der Waals surface area contributed by atoms with Crippen molar-refractivity contribution >= 4 is 29.9 Å². The summed E-state index contributed by atoms with van der Waals surface area (Å²) in [6.07, 6.45) is 1.13. The highest BCUT2D eigenvalue weighted by molar-refractivity contribution is 14.0. The number of aromatic nitrogens is 3. The quantitative estimate of drug-likeness (QED) is 0.367. The van der Waals surface area contributed by atoms with Crippen LogP contribution in [0.4, 0.5) is 0 Å². The van der Waals surface area contributed by atoms with Gasteiger partial charge in [-0.2, -0.15) is 0 Å². The number of nitrogens with zero attached hydrogens (tertiary/aromatic N) is 6. The minimum atomic E-state index is 0. The van der Waals surface area contributed by atoms with Gasteiger partial charge >= 0.3 is 0 Å². The van der Waals surface area contributed by atoms with Crippen molar-refractivity contribution in [3.63, 3.8) is 0 Å². The first-order valence-electron chi connectivity index (χ1n) is 10.3. The van der Waals surface area contributed by atoms with Crippen LogP contribution in [0.5, 0.6) is 0 Å². The maximum atomic E-state index is 4.82. The van der Waals surface area contributed by atoms with E-state index in [1.165, 1.54) is 5.56 Å². The highest BCUT2D eigenvalue weighted by atomic mass is 127. The average Bonchev–Trinajstić information content (AvgIpc) is 3.05. The lowest BCUT2D eigenvalue weighted by atomic mass is 10.0. The molecule has 2 heterocycles. The number of rotatable bonds is 6. The number of hydrogen-bond acceptors (Lipinski definition) is 4. The largest absolute Gasteiger partial charge is 0.357 e. The number of nitrogens with one attached hydrogen (secondary N) is 1. The predicted molar refractivity (Wildman–Crippen MR) is 129 cm³/mol. The van der Waals surface area contributed by atoms with Crippen LogP contribution in [0.2, 0.25) is 0 Å². The van der Waals surface area contributed by atoms with Gasteiger partial charge in [-0.15, -0.1) is 34.2 Å². The summed E-state index contributed by atoms with van der Waals surface area (Å²) in [6.45, 7) is 11.8. The molecule has 0 bridgehead atoms. The molecule has 1 aliphatic rings. The monoisotopic (exact) mass is 511 g/mol. The Morgan fingerprint density at radius 2 is 1.79 bits per heavy atom. The van der Waals surface area contributed by atoms with Crippen molar-refractivity contribution < 1.29 is 0 Å². The summed E-state index contributed by atoms with van der Waals surface area (Å²) in [5.74, 6) is 2.77. The van der Waals surface area contributed by atoms with E-state index >= 15 is 0 Å². The molecule has 1 unspecified atom stereocenters. The minimum absolute atomic E-state index is 0. The van der Waals surface area contributed by atoms with E-state index in [1.54, 1.807) is 0 Å². The molecule has 29 heavy (non-hydrogen) atoms. The Hall–Kier alpha value is -1.68. The maximum absolute atomic E-state index is 4.82. The zero-order chi connectivity index (χ0) is 19.9. The SMILES string of the molecule is CCNC(=NCc1nnc(C)n1C)N1CCN(C(CC)c2ccccc2)CC1.I. The van der Waals surface area contributed by atoms with E-state index in [0.29, 0.717) is 12.6 Å². The van der Waals surface area contributed by atoms with E-state index in [2.05, 4.69) is 69.5 Å². The molecule has 1 atom stereocenters. The number of hydrogen-bond donors (Lipinski definition) is 1. The Kier molecular flexibility index (Phi) is 9.35. The molecule has 1 saturated heterocycles. The molecule has 2 aromatic rings. The number of aliphatic imine (C=N–C) groups is 1. The fourth-order valence-corrected chi connectivity index (χ4v) is 3.79. The molecule has 0 radical (unpaired) electrons. The van der Waals surface area contributed by atoms with Gasteiger partial charge in [-0.3, -0.25) is 4.90 Å². The van der Waals surface area contributed by atoms with Crippen LogP contribution in [0.1, 0.15) is 43.5 Å². The summed E-state index contributed by atoms with van der Waals surface area (Å²) in [5, 5.41) is 11.8. The van der Waals surface area contributed by atoms with Crippen LogP contribution in [-0.4, -0.2) is 63.2 Å². The number of piperazine rings is 1. The van der Waals surface area contributed by atoms with Crippen LogP contribution >= 0.6 is 24.0 Å². The summed E-state index contributed by atoms with van der Waals surface area (Å²) in [5.41, 5.74) is 1.41. The lowest BCUT2D eigenvalue weighted by Crippen LogP contribution is -2.53. The number of benzene rings is 1. The van der Waals surface area contributed by atoms with Crippen molar-refractivity contribution in [3.8, 4) is 0 Å². The topological polar surface area (TPSA) is 61.6 Å². The first kappa shape index (κ1) is 23.6. The molecule has 1 N–H and O–H groups in total. The van der Waals surface area contributed by atoms with Gasteiger partial charge in [-0.05, 0) is 25.8 Å². The zero-order valence-corrected chi connectivity index (χ0v) is 20.3.